The molecule has 90 valence electrons. The second-order valence-corrected chi connectivity index (χ2v) is 4.72. The maximum atomic E-state index is 12.1. The van der Waals surface area contributed by atoms with Crippen molar-refractivity contribution >= 4 is 27.9 Å². The number of hydrogen-bond acceptors (Lipinski definition) is 4. The Hall–Kier alpha value is -2.32. The Morgan fingerprint density at radius 3 is 2.89 bits per heavy atom. The molecule has 0 radical (unpaired) electrons. The van der Waals surface area contributed by atoms with Gasteiger partial charge in [0.25, 0.3) is 5.91 Å². The summed E-state index contributed by atoms with van der Waals surface area (Å²) in [5.74, 6) is -0.230. The molecule has 4 nitrogen and oxygen atoms in total. The number of carbonyl (C=O) groups is 1. The summed E-state index contributed by atoms with van der Waals surface area (Å²) < 4.78 is 0. The number of rotatable bonds is 2. The minimum atomic E-state index is -0.230. The first kappa shape index (κ1) is 12.1. The van der Waals surface area contributed by atoms with Crippen LogP contribution in [0.2, 0.25) is 0 Å². The van der Waals surface area contributed by atoms with Gasteiger partial charge in [-0.3, -0.25) is 4.79 Å². The third-order valence-electron chi connectivity index (χ3n) is 2.51. The Morgan fingerprint density at radius 2 is 2.22 bits per heavy atom. The zero-order valence-electron chi connectivity index (χ0n) is 9.73. The number of amides is 1. The first-order valence-corrected chi connectivity index (χ1v) is 6.15. The summed E-state index contributed by atoms with van der Waals surface area (Å²) >= 11 is 1.33. The number of nitrogens with one attached hydrogen (secondary N) is 1. The fourth-order valence-corrected chi connectivity index (χ4v) is 2.34. The molecule has 0 bridgehead atoms. The molecule has 1 amide bonds. The van der Waals surface area contributed by atoms with E-state index in [0.29, 0.717) is 21.8 Å². The highest BCUT2D eigenvalue weighted by atomic mass is 32.1. The number of thiophene rings is 1. The van der Waals surface area contributed by atoms with E-state index >= 15 is 0 Å². The number of anilines is 2. The molecule has 0 atom stereocenters. The van der Waals surface area contributed by atoms with Crippen LogP contribution in [0.4, 0.5) is 10.7 Å². The van der Waals surface area contributed by atoms with Crippen molar-refractivity contribution in [2.75, 3.05) is 11.1 Å². The van der Waals surface area contributed by atoms with Crippen molar-refractivity contribution < 1.29 is 4.79 Å². The maximum Gasteiger partial charge on any atom is 0.256 e. The van der Waals surface area contributed by atoms with Crippen molar-refractivity contribution in [1.29, 1.82) is 5.26 Å². The number of carbonyl (C=O) groups excluding carboxylic acids is 1. The van der Waals surface area contributed by atoms with E-state index in [4.69, 9.17) is 11.0 Å². The van der Waals surface area contributed by atoms with Crippen molar-refractivity contribution in [3.05, 3.63) is 46.3 Å². The minimum Gasteiger partial charge on any atom is -0.399 e. The van der Waals surface area contributed by atoms with Crippen LogP contribution in [0, 0.1) is 18.3 Å². The first-order chi connectivity index (χ1) is 8.61. The van der Waals surface area contributed by atoms with Crippen LogP contribution in [0.1, 0.15) is 21.5 Å². The topological polar surface area (TPSA) is 78.9 Å². The van der Waals surface area contributed by atoms with Crippen molar-refractivity contribution in [3.63, 3.8) is 0 Å². The molecule has 0 aliphatic heterocycles. The summed E-state index contributed by atoms with van der Waals surface area (Å²) in [5, 5.41) is 13.9. The van der Waals surface area contributed by atoms with E-state index in [9.17, 15) is 4.79 Å². The zero-order chi connectivity index (χ0) is 13.1. The molecule has 0 unspecified atom stereocenters. The SMILES string of the molecule is Cc1cc(N)ccc1C(=O)Nc1sccc1C#N. The van der Waals surface area contributed by atoms with Crippen molar-refractivity contribution in [3.8, 4) is 6.07 Å². The third kappa shape index (κ3) is 2.34. The van der Waals surface area contributed by atoms with Gasteiger partial charge >= 0.3 is 0 Å². The fraction of sp³-hybridized carbons (Fsp3) is 0.0769. The second kappa shape index (κ2) is 4.90. The highest BCUT2D eigenvalue weighted by molar-refractivity contribution is 7.14. The zero-order valence-corrected chi connectivity index (χ0v) is 10.5. The van der Waals surface area contributed by atoms with E-state index in [1.807, 2.05) is 13.0 Å². The van der Waals surface area contributed by atoms with Crippen LogP contribution in [0.25, 0.3) is 0 Å². The van der Waals surface area contributed by atoms with Gasteiger partial charge in [0, 0.05) is 11.3 Å². The summed E-state index contributed by atoms with van der Waals surface area (Å²) in [7, 11) is 0. The average molecular weight is 257 g/mol. The number of nitrogens with two attached hydrogens (primary N) is 1. The van der Waals surface area contributed by atoms with Crippen LogP contribution < -0.4 is 11.1 Å². The molecule has 2 rings (SSSR count). The number of hydrogen-bond donors (Lipinski definition) is 2. The largest absolute Gasteiger partial charge is 0.399 e. The molecule has 2 aromatic rings. The van der Waals surface area contributed by atoms with E-state index in [-0.39, 0.29) is 5.91 Å². The van der Waals surface area contributed by atoms with E-state index in [2.05, 4.69) is 5.32 Å². The summed E-state index contributed by atoms with van der Waals surface area (Å²) in [6.45, 7) is 1.82. The fourth-order valence-electron chi connectivity index (χ4n) is 1.61. The molecule has 3 N–H and O–H groups in total. The van der Waals surface area contributed by atoms with Gasteiger partial charge in [0.05, 0.1) is 5.56 Å². The first-order valence-electron chi connectivity index (χ1n) is 5.27. The molecular formula is C13H11N3OS. The van der Waals surface area contributed by atoms with Gasteiger partial charge in [0.15, 0.2) is 0 Å². The van der Waals surface area contributed by atoms with Gasteiger partial charge in [0.2, 0.25) is 0 Å². The molecule has 0 fully saturated rings. The van der Waals surface area contributed by atoms with Crippen LogP contribution in [-0.4, -0.2) is 5.91 Å². The Bertz CT molecular complexity index is 640. The molecule has 0 aliphatic carbocycles. The molecule has 1 aromatic heterocycles. The summed E-state index contributed by atoms with van der Waals surface area (Å²) in [6, 6.07) is 8.82. The van der Waals surface area contributed by atoms with Crippen molar-refractivity contribution in [2.24, 2.45) is 0 Å². The van der Waals surface area contributed by atoms with E-state index in [0.717, 1.165) is 5.56 Å². The van der Waals surface area contributed by atoms with Crippen LogP contribution in [0.3, 0.4) is 0 Å². The second-order valence-electron chi connectivity index (χ2n) is 3.80. The molecule has 1 aromatic carbocycles. The van der Waals surface area contributed by atoms with Crippen molar-refractivity contribution in [1.82, 2.24) is 0 Å². The Kier molecular flexibility index (Phi) is 3.31. The molecule has 0 saturated heterocycles. The lowest BCUT2D eigenvalue weighted by atomic mass is 10.1. The Morgan fingerprint density at radius 1 is 1.44 bits per heavy atom. The highest BCUT2D eigenvalue weighted by Crippen LogP contribution is 2.23. The maximum absolute atomic E-state index is 12.1. The van der Waals surface area contributed by atoms with E-state index in [1.54, 1.807) is 29.6 Å². The minimum absolute atomic E-state index is 0.230. The molecule has 0 aliphatic rings. The van der Waals surface area contributed by atoms with Crippen LogP contribution >= 0.6 is 11.3 Å². The Labute approximate surface area is 109 Å². The predicted molar refractivity (Wildman–Crippen MR) is 72.6 cm³/mol. The lowest BCUT2D eigenvalue weighted by molar-refractivity contribution is 0.102. The lowest BCUT2D eigenvalue weighted by Gasteiger charge is -2.07. The van der Waals surface area contributed by atoms with Gasteiger partial charge in [-0.1, -0.05) is 0 Å². The number of nitrogen functional groups attached to an aromatic ring is 1. The molecule has 0 spiro atoms. The molecule has 5 heteroatoms. The number of nitriles is 1. The van der Waals surface area contributed by atoms with Gasteiger partial charge in [-0.25, -0.2) is 0 Å². The molecular weight excluding hydrogens is 246 g/mol. The van der Waals surface area contributed by atoms with Gasteiger partial charge < -0.3 is 11.1 Å². The molecule has 1 heterocycles. The smallest absolute Gasteiger partial charge is 0.256 e. The van der Waals surface area contributed by atoms with Gasteiger partial charge in [-0.05, 0) is 42.1 Å². The number of aryl methyl sites for hydroxylation is 1. The third-order valence-corrected chi connectivity index (χ3v) is 3.34. The predicted octanol–water partition coefficient (Wildman–Crippen LogP) is 2.76. The van der Waals surface area contributed by atoms with Gasteiger partial charge in [0.1, 0.15) is 11.1 Å². The highest BCUT2D eigenvalue weighted by Gasteiger charge is 2.12. The summed E-state index contributed by atoms with van der Waals surface area (Å²) in [5.41, 5.74) is 8.10. The van der Waals surface area contributed by atoms with Crippen LogP contribution in [-0.2, 0) is 0 Å². The van der Waals surface area contributed by atoms with Gasteiger partial charge in [-0.15, -0.1) is 11.3 Å². The average Bonchev–Trinajstić information content (AvgIpc) is 2.76. The Balaban J connectivity index is 2.25. The summed E-state index contributed by atoms with van der Waals surface area (Å²) in [6.07, 6.45) is 0. The number of benzene rings is 1. The van der Waals surface area contributed by atoms with E-state index < -0.39 is 0 Å². The summed E-state index contributed by atoms with van der Waals surface area (Å²) in [4.78, 5) is 12.1. The van der Waals surface area contributed by atoms with Crippen molar-refractivity contribution in [2.45, 2.75) is 6.92 Å². The van der Waals surface area contributed by atoms with Crippen LogP contribution in [0.15, 0.2) is 29.6 Å². The normalized spacial score (nSPS) is 9.78. The lowest BCUT2D eigenvalue weighted by Crippen LogP contribution is -2.13. The van der Waals surface area contributed by atoms with Crippen LogP contribution in [0.5, 0.6) is 0 Å². The van der Waals surface area contributed by atoms with E-state index in [1.165, 1.54) is 11.3 Å². The number of nitrogens with zero attached hydrogens (tertiary/aromatic N) is 1. The quantitative estimate of drug-likeness (QED) is 0.812. The molecule has 18 heavy (non-hydrogen) atoms. The van der Waals surface area contributed by atoms with Gasteiger partial charge in [-0.2, -0.15) is 5.26 Å². The monoisotopic (exact) mass is 257 g/mol. The molecule has 0 saturated carbocycles. The standard InChI is InChI=1S/C13H11N3OS/c1-8-6-10(15)2-3-11(8)12(17)16-13-9(7-14)4-5-18-13/h2-6H,15H2,1H3,(H,16,17).